The van der Waals surface area contributed by atoms with Crippen LogP contribution < -0.4 is 10.5 Å². The minimum atomic E-state index is -0.528. The first kappa shape index (κ1) is 18.0. The Morgan fingerprint density at radius 2 is 2.08 bits per heavy atom. The number of ether oxygens (including phenoxy) is 2. The van der Waals surface area contributed by atoms with Gasteiger partial charge in [0.05, 0.1) is 13.2 Å². The number of halogens is 1. The quantitative estimate of drug-likeness (QED) is 0.338. The molecule has 2 N–H and O–H groups in total. The molecule has 0 radical (unpaired) electrons. The predicted octanol–water partition coefficient (Wildman–Crippen LogP) is 2.94. The highest BCUT2D eigenvalue weighted by Crippen LogP contribution is 2.18. The second-order valence-corrected chi connectivity index (χ2v) is 5.74. The molecule has 0 fully saturated rings. The Bertz CT molecular complexity index is 683. The monoisotopic (exact) mass is 351 g/mol. The molecule has 24 heavy (non-hydrogen) atoms. The van der Waals surface area contributed by atoms with Crippen molar-refractivity contribution < 1.29 is 18.7 Å². The van der Waals surface area contributed by atoms with Gasteiger partial charge < -0.3 is 15.2 Å². The van der Waals surface area contributed by atoms with E-state index in [1.54, 1.807) is 19.1 Å². The van der Waals surface area contributed by atoms with E-state index in [9.17, 15) is 9.18 Å². The van der Waals surface area contributed by atoms with Gasteiger partial charge in [-0.3, -0.25) is 0 Å². The third kappa shape index (κ3) is 5.38. The second-order valence-electron chi connectivity index (χ2n) is 4.68. The van der Waals surface area contributed by atoms with Crippen molar-refractivity contribution in [1.29, 1.82) is 0 Å². The molecule has 0 unspecified atom stereocenters. The van der Waals surface area contributed by atoms with Gasteiger partial charge in [-0.1, -0.05) is 11.8 Å². The van der Waals surface area contributed by atoms with Crippen molar-refractivity contribution in [3.8, 4) is 5.75 Å². The summed E-state index contributed by atoms with van der Waals surface area (Å²) in [6.45, 7) is 2.48. The van der Waals surface area contributed by atoms with E-state index in [1.807, 2.05) is 0 Å². The Kier molecular flexibility index (Phi) is 6.80. The van der Waals surface area contributed by atoms with Crippen LogP contribution in [-0.2, 0) is 4.74 Å². The number of nitrogens with zero attached hydrogens (tertiary/aromatic N) is 2. The van der Waals surface area contributed by atoms with Gasteiger partial charge in [-0.15, -0.1) is 0 Å². The molecule has 0 aliphatic heterocycles. The molecule has 6 nitrogen and oxygen atoms in total. The number of anilines is 1. The van der Waals surface area contributed by atoms with Crippen molar-refractivity contribution >= 4 is 23.5 Å². The summed E-state index contributed by atoms with van der Waals surface area (Å²) >= 11 is 1.41. The van der Waals surface area contributed by atoms with Gasteiger partial charge in [0.2, 0.25) is 0 Å². The maximum atomic E-state index is 12.8. The normalized spacial score (nSPS) is 10.4. The number of hydrogen-bond donors (Lipinski definition) is 1. The van der Waals surface area contributed by atoms with Crippen molar-refractivity contribution in [2.45, 2.75) is 18.5 Å². The first-order valence-electron chi connectivity index (χ1n) is 7.41. The van der Waals surface area contributed by atoms with Crippen LogP contribution in [-0.4, -0.2) is 34.9 Å². The smallest absolute Gasteiger partial charge is 0.343 e. The lowest BCUT2D eigenvalue weighted by molar-refractivity contribution is 0.0526. The molecular weight excluding hydrogens is 333 g/mol. The van der Waals surface area contributed by atoms with Crippen LogP contribution in [0.2, 0.25) is 0 Å². The van der Waals surface area contributed by atoms with Crippen LogP contribution in [0.15, 0.2) is 35.6 Å². The minimum absolute atomic E-state index is 0.105. The van der Waals surface area contributed by atoms with E-state index >= 15 is 0 Å². The Labute approximate surface area is 143 Å². The Morgan fingerprint density at radius 1 is 1.33 bits per heavy atom. The third-order valence-electron chi connectivity index (χ3n) is 2.89. The molecule has 0 spiro atoms. The van der Waals surface area contributed by atoms with E-state index < -0.39 is 5.97 Å². The average Bonchev–Trinajstić information content (AvgIpc) is 2.56. The molecule has 1 heterocycles. The molecule has 0 bridgehead atoms. The van der Waals surface area contributed by atoms with Gasteiger partial charge in [0.1, 0.15) is 22.9 Å². The lowest BCUT2D eigenvalue weighted by Gasteiger charge is -2.07. The minimum Gasteiger partial charge on any atom is -0.494 e. The number of benzene rings is 1. The molecule has 1 aromatic carbocycles. The number of rotatable bonds is 8. The maximum absolute atomic E-state index is 12.8. The molecule has 0 atom stereocenters. The van der Waals surface area contributed by atoms with E-state index in [4.69, 9.17) is 15.2 Å². The summed E-state index contributed by atoms with van der Waals surface area (Å²) in [7, 11) is 0. The molecule has 1 aromatic heterocycles. The van der Waals surface area contributed by atoms with E-state index in [-0.39, 0.29) is 23.8 Å². The summed E-state index contributed by atoms with van der Waals surface area (Å²) in [5.41, 5.74) is 5.92. The Morgan fingerprint density at radius 3 is 2.75 bits per heavy atom. The van der Waals surface area contributed by atoms with Crippen LogP contribution in [0.5, 0.6) is 5.75 Å². The SMILES string of the molecule is CCOC(=O)c1cnc(SCCCOc2ccc(F)cc2)nc1N. The van der Waals surface area contributed by atoms with Gasteiger partial charge in [0, 0.05) is 11.9 Å². The largest absolute Gasteiger partial charge is 0.494 e. The highest BCUT2D eigenvalue weighted by atomic mass is 32.2. The van der Waals surface area contributed by atoms with Crippen LogP contribution in [0.25, 0.3) is 0 Å². The zero-order chi connectivity index (χ0) is 17.4. The number of carbonyl (C=O) groups excluding carboxylic acids is 1. The number of aromatic nitrogens is 2. The summed E-state index contributed by atoms with van der Waals surface area (Å²) in [4.78, 5) is 19.8. The fourth-order valence-corrected chi connectivity index (χ4v) is 2.49. The highest BCUT2D eigenvalue weighted by molar-refractivity contribution is 7.99. The van der Waals surface area contributed by atoms with E-state index in [0.29, 0.717) is 17.5 Å². The lowest BCUT2D eigenvalue weighted by atomic mass is 10.3. The summed E-state index contributed by atoms with van der Waals surface area (Å²) in [6, 6.07) is 5.87. The van der Waals surface area contributed by atoms with E-state index in [0.717, 1.165) is 12.2 Å². The third-order valence-corrected chi connectivity index (χ3v) is 3.84. The predicted molar refractivity (Wildman–Crippen MR) is 89.6 cm³/mol. The van der Waals surface area contributed by atoms with Gasteiger partial charge in [-0.2, -0.15) is 0 Å². The van der Waals surface area contributed by atoms with Crippen LogP contribution >= 0.6 is 11.8 Å². The van der Waals surface area contributed by atoms with Crippen LogP contribution in [0.4, 0.5) is 10.2 Å². The Balaban J connectivity index is 1.75. The molecule has 2 aromatic rings. The molecule has 0 aliphatic rings. The van der Waals surface area contributed by atoms with Crippen LogP contribution in [0, 0.1) is 5.82 Å². The molecule has 0 amide bonds. The van der Waals surface area contributed by atoms with Crippen molar-refractivity contribution in [2.24, 2.45) is 0 Å². The van der Waals surface area contributed by atoms with Gasteiger partial charge in [-0.05, 0) is 37.6 Å². The maximum Gasteiger partial charge on any atom is 0.343 e. The van der Waals surface area contributed by atoms with E-state index in [1.165, 1.54) is 30.1 Å². The molecule has 0 saturated heterocycles. The summed E-state index contributed by atoms with van der Waals surface area (Å²) in [5, 5.41) is 0.488. The zero-order valence-electron chi connectivity index (χ0n) is 13.2. The summed E-state index contributed by atoms with van der Waals surface area (Å²) in [6.07, 6.45) is 2.13. The number of nitrogens with two attached hydrogens (primary N) is 1. The lowest BCUT2D eigenvalue weighted by Crippen LogP contribution is -2.10. The van der Waals surface area contributed by atoms with Gasteiger partial charge in [0.25, 0.3) is 0 Å². The number of thioether (sulfide) groups is 1. The number of hydrogen-bond acceptors (Lipinski definition) is 7. The average molecular weight is 351 g/mol. The molecule has 128 valence electrons. The number of esters is 1. The van der Waals surface area contributed by atoms with Crippen molar-refractivity contribution in [3.05, 3.63) is 41.8 Å². The number of nitrogen functional groups attached to an aromatic ring is 1. The fourth-order valence-electron chi connectivity index (χ4n) is 1.76. The molecule has 0 saturated carbocycles. The van der Waals surface area contributed by atoms with Crippen molar-refractivity contribution in [1.82, 2.24) is 9.97 Å². The molecular formula is C16H18FN3O3S. The van der Waals surface area contributed by atoms with Crippen LogP contribution in [0.3, 0.4) is 0 Å². The van der Waals surface area contributed by atoms with Gasteiger partial charge in [-0.25, -0.2) is 19.2 Å². The Hall–Kier alpha value is -2.35. The summed E-state index contributed by atoms with van der Waals surface area (Å²) in [5.74, 6) is 0.631. The first-order chi connectivity index (χ1) is 11.6. The van der Waals surface area contributed by atoms with Crippen molar-refractivity contribution in [3.63, 3.8) is 0 Å². The molecule has 2 rings (SSSR count). The standard InChI is InChI=1S/C16H18FN3O3S/c1-2-22-15(21)13-10-19-16(20-14(13)18)24-9-3-8-23-12-6-4-11(17)5-7-12/h4-7,10H,2-3,8-9H2,1H3,(H2,18,19,20). The number of carbonyl (C=O) groups is 1. The molecule has 8 heteroatoms. The first-order valence-corrected chi connectivity index (χ1v) is 8.39. The van der Waals surface area contributed by atoms with E-state index in [2.05, 4.69) is 9.97 Å². The molecule has 0 aliphatic carbocycles. The second kappa shape index (κ2) is 9.07. The topological polar surface area (TPSA) is 87.3 Å². The zero-order valence-corrected chi connectivity index (χ0v) is 14.0. The fraction of sp³-hybridized carbons (Fsp3) is 0.312. The van der Waals surface area contributed by atoms with Crippen molar-refractivity contribution in [2.75, 3.05) is 24.7 Å². The van der Waals surface area contributed by atoms with Gasteiger partial charge in [0.15, 0.2) is 5.16 Å². The van der Waals surface area contributed by atoms with Gasteiger partial charge >= 0.3 is 5.97 Å². The highest BCUT2D eigenvalue weighted by Gasteiger charge is 2.13. The summed E-state index contributed by atoms with van der Waals surface area (Å²) < 4.78 is 23.1. The van der Waals surface area contributed by atoms with Crippen LogP contribution in [0.1, 0.15) is 23.7 Å².